The van der Waals surface area contributed by atoms with Crippen LogP contribution < -0.4 is 4.31 Å². The van der Waals surface area contributed by atoms with Crippen LogP contribution in [-0.4, -0.2) is 44.6 Å². The minimum absolute atomic E-state index is 0.00426. The number of halogens is 1. The molecule has 0 bridgehead atoms. The molecule has 0 N–H and O–H groups in total. The summed E-state index contributed by atoms with van der Waals surface area (Å²) in [5.74, 6) is -1.12. The molecular formula is C18H17ClN2O5S. The maximum absolute atomic E-state index is 12.4. The fraction of sp³-hybridized carbons (Fsp3) is 0.278. The Kier molecular flexibility index (Phi) is 5.48. The predicted octanol–water partition coefficient (Wildman–Crippen LogP) is 2.49. The molecule has 142 valence electrons. The lowest BCUT2D eigenvalue weighted by Gasteiger charge is -2.29. The number of aryl methyl sites for hydroxylation is 1. The fourth-order valence-electron chi connectivity index (χ4n) is 2.91. The number of nitrogens with zero attached hydrogens (tertiary/aromatic N) is 2. The quantitative estimate of drug-likeness (QED) is 0.428. The van der Waals surface area contributed by atoms with Gasteiger partial charge in [-0.3, -0.25) is 9.10 Å². The number of aromatic nitrogens is 1. The van der Waals surface area contributed by atoms with Crippen molar-refractivity contribution < 1.29 is 22.7 Å². The molecule has 1 aromatic carbocycles. The van der Waals surface area contributed by atoms with E-state index in [-0.39, 0.29) is 16.5 Å². The largest absolute Gasteiger partial charge is 0.454 e. The van der Waals surface area contributed by atoms with Gasteiger partial charge in [-0.1, -0.05) is 11.6 Å². The Morgan fingerprint density at radius 2 is 2.07 bits per heavy atom. The number of rotatable bonds is 5. The van der Waals surface area contributed by atoms with Crippen molar-refractivity contribution >= 4 is 39.1 Å². The predicted molar refractivity (Wildman–Crippen MR) is 101 cm³/mol. The monoisotopic (exact) mass is 408 g/mol. The molecule has 0 radical (unpaired) electrons. The van der Waals surface area contributed by atoms with Gasteiger partial charge in [-0.05, 0) is 48.7 Å². The highest BCUT2D eigenvalue weighted by Gasteiger charge is 2.25. The summed E-state index contributed by atoms with van der Waals surface area (Å²) in [6.07, 6.45) is 3.95. The number of carbonyl (C=O) groups excluding carboxylic acids is 2. The van der Waals surface area contributed by atoms with E-state index in [0.717, 1.165) is 11.8 Å². The highest BCUT2D eigenvalue weighted by molar-refractivity contribution is 7.92. The van der Waals surface area contributed by atoms with Gasteiger partial charge in [0.25, 0.3) is 0 Å². The van der Waals surface area contributed by atoms with Crippen molar-refractivity contribution in [1.29, 1.82) is 0 Å². The van der Waals surface area contributed by atoms with E-state index in [1.54, 1.807) is 18.2 Å². The van der Waals surface area contributed by atoms with E-state index in [9.17, 15) is 18.0 Å². The molecule has 1 aromatic heterocycles. The summed E-state index contributed by atoms with van der Waals surface area (Å²) in [7, 11) is -3.37. The lowest BCUT2D eigenvalue weighted by molar-refractivity contribution is 0.0474. The average Bonchev–Trinajstić information content (AvgIpc) is 2.64. The van der Waals surface area contributed by atoms with E-state index in [0.29, 0.717) is 30.6 Å². The van der Waals surface area contributed by atoms with Gasteiger partial charge >= 0.3 is 5.97 Å². The third-order valence-electron chi connectivity index (χ3n) is 4.19. The minimum atomic E-state index is -3.37. The van der Waals surface area contributed by atoms with E-state index >= 15 is 0 Å². The zero-order valence-corrected chi connectivity index (χ0v) is 16.1. The smallest absolute Gasteiger partial charge is 0.341 e. The van der Waals surface area contributed by atoms with Crippen molar-refractivity contribution in [2.75, 3.05) is 23.7 Å². The van der Waals surface area contributed by atoms with Gasteiger partial charge in [-0.2, -0.15) is 0 Å². The number of ketones is 1. The first-order valence-electron chi connectivity index (χ1n) is 8.19. The van der Waals surface area contributed by atoms with Crippen LogP contribution in [0.25, 0.3) is 0 Å². The number of hydrogen-bond acceptors (Lipinski definition) is 6. The third kappa shape index (κ3) is 4.28. The molecule has 0 aliphatic carbocycles. The topological polar surface area (TPSA) is 93.6 Å². The Labute approximate surface area is 162 Å². The van der Waals surface area contributed by atoms with Crippen LogP contribution in [0.3, 0.4) is 0 Å². The molecule has 0 fully saturated rings. The number of pyridine rings is 1. The van der Waals surface area contributed by atoms with E-state index in [1.807, 2.05) is 0 Å². The van der Waals surface area contributed by atoms with Gasteiger partial charge in [0, 0.05) is 18.3 Å². The molecule has 3 rings (SSSR count). The molecule has 0 atom stereocenters. The summed E-state index contributed by atoms with van der Waals surface area (Å²) in [6, 6.07) is 7.81. The highest BCUT2D eigenvalue weighted by Crippen LogP contribution is 2.30. The normalized spacial score (nSPS) is 13.8. The van der Waals surface area contributed by atoms with E-state index in [2.05, 4.69) is 4.98 Å². The first-order valence-corrected chi connectivity index (χ1v) is 10.4. The Morgan fingerprint density at radius 3 is 2.78 bits per heavy atom. The SMILES string of the molecule is CS(=O)(=O)N1CCCc2cc(C(=O)COC(=O)c3cccnc3Cl)ccc21. The second-order valence-corrected chi connectivity index (χ2v) is 8.39. The van der Waals surface area contributed by atoms with Gasteiger partial charge in [-0.15, -0.1) is 0 Å². The minimum Gasteiger partial charge on any atom is -0.454 e. The standard InChI is InChI=1S/C18H17ClN2O5S/c1-27(24,25)21-9-3-4-12-10-13(6-7-15(12)21)16(22)11-26-18(23)14-5-2-8-20-17(14)19/h2,5-8,10H,3-4,9,11H2,1H3. The van der Waals surface area contributed by atoms with Crippen LogP contribution in [-0.2, 0) is 21.2 Å². The van der Waals surface area contributed by atoms with Crippen LogP contribution in [0.2, 0.25) is 5.15 Å². The number of Topliss-reactive ketones (excluding diaryl/α,β-unsaturated/α-hetero) is 1. The van der Waals surface area contributed by atoms with Gasteiger partial charge < -0.3 is 4.74 Å². The summed E-state index contributed by atoms with van der Waals surface area (Å²) in [6.45, 7) is -0.0265. The molecular weight excluding hydrogens is 392 g/mol. The fourth-order valence-corrected chi connectivity index (χ4v) is 4.10. The van der Waals surface area contributed by atoms with Crippen molar-refractivity contribution in [3.05, 3.63) is 58.4 Å². The Hall–Kier alpha value is -2.45. The molecule has 1 aliphatic rings. The van der Waals surface area contributed by atoms with Crippen molar-refractivity contribution in [3.8, 4) is 0 Å². The summed E-state index contributed by atoms with van der Waals surface area (Å²) in [5.41, 5.74) is 1.80. The van der Waals surface area contributed by atoms with Crippen LogP contribution >= 0.6 is 11.6 Å². The molecule has 0 spiro atoms. The first-order chi connectivity index (χ1) is 12.8. The number of hydrogen-bond donors (Lipinski definition) is 0. The van der Waals surface area contributed by atoms with Gasteiger partial charge in [-0.25, -0.2) is 18.2 Å². The van der Waals surface area contributed by atoms with Crippen molar-refractivity contribution in [1.82, 2.24) is 4.98 Å². The van der Waals surface area contributed by atoms with Crippen LogP contribution in [0, 0.1) is 0 Å². The number of carbonyl (C=O) groups is 2. The van der Waals surface area contributed by atoms with E-state index < -0.39 is 22.6 Å². The Morgan fingerprint density at radius 1 is 1.30 bits per heavy atom. The molecule has 9 heteroatoms. The zero-order chi connectivity index (χ0) is 19.6. The molecule has 0 amide bonds. The number of sulfonamides is 1. The number of ether oxygens (including phenoxy) is 1. The van der Waals surface area contributed by atoms with E-state index in [4.69, 9.17) is 16.3 Å². The zero-order valence-electron chi connectivity index (χ0n) is 14.5. The summed E-state index contributed by atoms with van der Waals surface area (Å²) >= 11 is 5.83. The molecule has 1 aliphatic heterocycles. The Balaban J connectivity index is 1.73. The van der Waals surface area contributed by atoms with Crippen molar-refractivity contribution in [3.63, 3.8) is 0 Å². The van der Waals surface area contributed by atoms with Crippen LogP contribution in [0.5, 0.6) is 0 Å². The molecule has 0 saturated heterocycles. The van der Waals surface area contributed by atoms with Gasteiger partial charge in [0.05, 0.1) is 17.5 Å². The number of esters is 1. The molecule has 2 aromatic rings. The van der Waals surface area contributed by atoms with E-state index in [1.165, 1.54) is 22.6 Å². The molecule has 0 saturated carbocycles. The maximum atomic E-state index is 12.4. The van der Waals surface area contributed by atoms with Crippen molar-refractivity contribution in [2.24, 2.45) is 0 Å². The molecule has 7 nitrogen and oxygen atoms in total. The number of fused-ring (bicyclic) bond motifs is 1. The highest BCUT2D eigenvalue weighted by atomic mass is 35.5. The van der Waals surface area contributed by atoms with Crippen LogP contribution in [0.15, 0.2) is 36.5 Å². The lowest BCUT2D eigenvalue weighted by atomic mass is 9.99. The van der Waals surface area contributed by atoms with Gasteiger partial charge in [0.15, 0.2) is 12.4 Å². The maximum Gasteiger partial charge on any atom is 0.341 e. The van der Waals surface area contributed by atoms with Crippen LogP contribution in [0.1, 0.15) is 32.7 Å². The number of anilines is 1. The Bertz CT molecular complexity index is 1010. The van der Waals surface area contributed by atoms with Crippen LogP contribution in [0.4, 0.5) is 5.69 Å². The lowest BCUT2D eigenvalue weighted by Crippen LogP contribution is -2.34. The second kappa shape index (κ2) is 7.66. The summed E-state index contributed by atoms with van der Waals surface area (Å²) in [5, 5.41) is 0.00426. The second-order valence-electron chi connectivity index (χ2n) is 6.12. The van der Waals surface area contributed by atoms with Crippen molar-refractivity contribution in [2.45, 2.75) is 12.8 Å². The summed E-state index contributed by atoms with van der Waals surface area (Å²) in [4.78, 5) is 28.2. The average molecular weight is 409 g/mol. The molecule has 27 heavy (non-hydrogen) atoms. The number of benzene rings is 1. The first kappa shape index (κ1) is 19.3. The molecule has 2 heterocycles. The van der Waals surface area contributed by atoms with Gasteiger partial charge in [0.1, 0.15) is 5.15 Å². The molecule has 0 unspecified atom stereocenters. The van der Waals surface area contributed by atoms with Gasteiger partial charge in [0.2, 0.25) is 10.0 Å². The summed E-state index contributed by atoms with van der Waals surface area (Å²) < 4.78 is 30.1. The third-order valence-corrected chi connectivity index (χ3v) is 5.67.